The number of hydrogen-bond acceptors (Lipinski definition) is 1. The molecule has 2 aliphatic rings. The van der Waals surface area contributed by atoms with Crippen LogP contribution in [0.15, 0.2) is 12.1 Å². The van der Waals surface area contributed by atoms with E-state index < -0.39 is 0 Å². The van der Waals surface area contributed by atoms with Gasteiger partial charge in [-0.1, -0.05) is 51.2 Å². The Morgan fingerprint density at radius 2 is 1.88 bits per heavy atom. The summed E-state index contributed by atoms with van der Waals surface area (Å²) < 4.78 is 0. The summed E-state index contributed by atoms with van der Waals surface area (Å²) in [5.74, 6) is 2.15. The molecular formula is C23H36O. The Balaban J connectivity index is 1.63. The first-order valence-electron chi connectivity index (χ1n) is 10.4. The molecule has 0 heterocycles. The molecule has 1 heteroatoms. The first kappa shape index (κ1) is 18.0. The molecule has 0 amide bonds. The fourth-order valence-electron chi connectivity index (χ4n) is 5.10. The van der Waals surface area contributed by atoms with Crippen LogP contribution in [0.5, 0.6) is 0 Å². The van der Waals surface area contributed by atoms with Crippen molar-refractivity contribution in [3.63, 3.8) is 0 Å². The van der Waals surface area contributed by atoms with E-state index in [-0.39, 0.29) is 0 Å². The lowest BCUT2D eigenvalue weighted by Gasteiger charge is -2.27. The van der Waals surface area contributed by atoms with E-state index in [9.17, 15) is 5.11 Å². The van der Waals surface area contributed by atoms with Crippen molar-refractivity contribution in [3.05, 3.63) is 34.4 Å². The van der Waals surface area contributed by atoms with E-state index in [1.165, 1.54) is 76.2 Å². The summed E-state index contributed by atoms with van der Waals surface area (Å²) in [5, 5.41) is 9.43. The molecule has 1 nitrogen and oxygen atoms in total. The average Bonchev–Trinajstić information content (AvgIpc) is 3.07. The summed E-state index contributed by atoms with van der Waals surface area (Å²) in [7, 11) is 0. The molecule has 1 aromatic rings. The number of aliphatic hydroxyl groups excluding tert-OH is 1. The van der Waals surface area contributed by atoms with Gasteiger partial charge < -0.3 is 5.11 Å². The van der Waals surface area contributed by atoms with Gasteiger partial charge in [-0.15, -0.1) is 0 Å². The van der Waals surface area contributed by atoms with E-state index in [1.807, 2.05) is 0 Å². The van der Waals surface area contributed by atoms with Crippen molar-refractivity contribution in [2.45, 2.75) is 90.4 Å². The molecule has 0 bridgehead atoms. The van der Waals surface area contributed by atoms with Gasteiger partial charge in [0, 0.05) is 6.61 Å². The molecule has 2 aliphatic carbocycles. The van der Waals surface area contributed by atoms with Gasteiger partial charge in [0.1, 0.15) is 0 Å². The highest BCUT2D eigenvalue weighted by atomic mass is 16.3. The molecule has 0 saturated heterocycles. The van der Waals surface area contributed by atoms with Gasteiger partial charge >= 0.3 is 0 Å². The third-order valence-corrected chi connectivity index (χ3v) is 6.62. The van der Waals surface area contributed by atoms with Gasteiger partial charge in [-0.25, -0.2) is 0 Å². The monoisotopic (exact) mass is 328 g/mol. The van der Waals surface area contributed by atoms with Crippen LogP contribution in [0.4, 0.5) is 0 Å². The van der Waals surface area contributed by atoms with Crippen LogP contribution in [0.3, 0.4) is 0 Å². The molecule has 0 aliphatic heterocycles. The summed E-state index contributed by atoms with van der Waals surface area (Å²) in [5.41, 5.74) is 6.36. The summed E-state index contributed by atoms with van der Waals surface area (Å²) in [6, 6.07) is 5.05. The summed E-state index contributed by atoms with van der Waals surface area (Å²) >= 11 is 0. The molecule has 0 radical (unpaired) electrons. The number of hydrogen-bond donors (Lipinski definition) is 1. The zero-order chi connectivity index (χ0) is 16.9. The van der Waals surface area contributed by atoms with Crippen molar-refractivity contribution in [2.75, 3.05) is 6.61 Å². The maximum atomic E-state index is 9.43. The molecule has 0 aromatic heterocycles. The normalized spacial score (nSPS) is 26.5. The highest BCUT2D eigenvalue weighted by Gasteiger charge is 2.28. The quantitative estimate of drug-likeness (QED) is 0.613. The van der Waals surface area contributed by atoms with Gasteiger partial charge in [0.25, 0.3) is 0 Å². The van der Waals surface area contributed by atoms with Crippen LogP contribution < -0.4 is 0 Å². The Morgan fingerprint density at radius 3 is 2.62 bits per heavy atom. The van der Waals surface area contributed by atoms with Crippen LogP contribution in [0, 0.1) is 18.8 Å². The molecule has 24 heavy (non-hydrogen) atoms. The molecule has 134 valence electrons. The van der Waals surface area contributed by atoms with Crippen LogP contribution in [0.2, 0.25) is 0 Å². The van der Waals surface area contributed by atoms with Crippen LogP contribution in [0.1, 0.15) is 92.9 Å². The predicted molar refractivity (Wildman–Crippen MR) is 103 cm³/mol. The lowest BCUT2D eigenvalue weighted by atomic mass is 9.78. The molecule has 1 fully saturated rings. The topological polar surface area (TPSA) is 20.2 Å². The van der Waals surface area contributed by atoms with Crippen molar-refractivity contribution in [3.8, 4) is 0 Å². The fourth-order valence-corrected chi connectivity index (χ4v) is 5.10. The van der Waals surface area contributed by atoms with E-state index in [2.05, 4.69) is 26.0 Å². The second-order valence-corrected chi connectivity index (χ2v) is 8.49. The number of fused-ring (bicyclic) bond motifs is 1. The molecule has 1 saturated carbocycles. The largest absolute Gasteiger partial charge is 0.396 e. The number of aryl methyl sites for hydroxylation is 2. The van der Waals surface area contributed by atoms with Crippen molar-refractivity contribution in [1.82, 2.24) is 0 Å². The Kier molecular flexibility index (Phi) is 6.38. The minimum atomic E-state index is 0.375. The lowest BCUT2D eigenvalue weighted by Crippen LogP contribution is -2.15. The standard InChI is InChI=1S/C23H36O/c1-3-4-5-6-7-18-8-10-20-15-23(17(2)12-22(20)13-18)21-11-9-19(14-21)16-24/h12,15,18-19,21,24H,3-11,13-14,16H2,1-2H3/t18-,19?,21?/m1/s1. The first-order chi connectivity index (χ1) is 11.7. The number of aliphatic hydroxyl groups is 1. The highest BCUT2D eigenvalue weighted by Crippen LogP contribution is 2.41. The molecule has 3 atom stereocenters. The van der Waals surface area contributed by atoms with E-state index in [4.69, 9.17) is 0 Å². The zero-order valence-corrected chi connectivity index (χ0v) is 15.8. The fraction of sp³-hybridized carbons (Fsp3) is 0.739. The Hall–Kier alpha value is -0.820. The van der Waals surface area contributed by atoms with Gasteiger partial charge in [-0.05, 0) is 85.5 Å². The number of rotatable bonds is 7. The first-order valence-corrected chi connectivity index (χ1v) is 10.4. The van der Waals surface area contributed by atoms with E-state index in [0.717, 1.165) is 5.92 Å². The summed E-state index contributed by atoms with van der Waals surface area (Å²) in [4.78, 5) is 0. The summed E-state index contributed by atoms with van der Waals surface area (Å²) in [6.45, 7) is 4.98. The summed E-state index contributed by atoms with van der Waals surface area (Å²) in [6.07, 6.45) is 14.7. The predicted octanol–water partition coefficient (Wildman–Crippen LogP) is 5.95. The number of unbranched alkanes of at least 4 members (excludes halogenated alkanes) is 3. The van der Waals surface area contributed by atoms with E-state index in [1.54, 1.807) is 16.7 Å². The van der Waals surface area contributed by atoms with Crippen LogP contribution in [0.25, 0.3) is 0 Å². The van der Waals surface area contributed by atoms with Crippen LogP contribution >= 0.6 is 0 Å². The van der Waals surface area contributed by atoms with Crippen LogP contribution in [-0.4, -0.2) is 11.7 Å². The lowest BCUT2D eigenvalue weighted by molar-refractivity contribution is 0.228. The average molecular weight is 329 g/mol. The van der Waals surface area contributed by atoms with Crippen molar-refractivity contribution in [2.24, 2.45) is 11.8 Å². The van der Waals surface area contributed by atoms with Crippen molar-refractivity contribution in [1.29, 1.82) is 0 Å². The number of benzene rings is 1. The van der Waals surface area contributed by atoms with Crippen molar-refractivity contribution >= 4 is 0 Å². The minimum Gasteiger partial charge on any atom is -0.396 e. The smallest absolute Gasteiger partial charge is 0.0459 e. The molecule has 0 spiro atoms. The molecule has 3 rings (SSSR count). The van der Waals surface area contributed by atoms with E-state index in [0.29, 0.717) is 18.4 Å². The molecule has 2 unspecified atom stereocenters. The van der Waals surface area contributed by atoms with E-state index >= 15 is 0 Å². The van der Waals surface area contributed by atoms with Crippen LogP contribution in [-0.2, 0) is 12.8 Å². The molecular weight excluding hydrogens is 292 g/mol. The maximum absolute atomic E-state index is 9.43. The Morgan fingerprint density at radius 1 is 1.00 bits per heavy atom. The second-order valence-electron chi connectivity index (χ2n) is 8.49. The van der Waals surface area contributed by atoms with Gasteiger partial charge in [-0.2, -0.15) is 0 Å². The van der Waals surface area contributed by atoms with Gasteiger partial charge in [0.15, 0.2) is 0 Å². The zero-order valence-electron chi connectivity index (χ0n) is 15.8. The Labute approximate surface area is 148 Å². The second kappa shape index (κ2) is 8.52. The van der Waals surface area contributed by atoms with Crippen molar-refractivity contribution < 1.29 is 5.11 Å². The van der Waals surface area contributed by atoms with Gasteiger partial charge in [0.2, 0.25) is 0 Å². The maximum Gasteiger partial charge on any atom is 0.0459 e. The van der Waals surface area contributed by atoms with Gasteiger partial charge in [0.05, 0.1) is 0 Å². The van der Waals surface area contributed by atoms with Gasteiger partial charge in [-0.3, -0.25) is 0 Å². The highest BCUT2D eigenvalue weighted by molar-refractivity contribution is 5.41. The molecule has 1 aromatic carbocycles. The molecule has 1 N–H and O–H groups in total. The third kappa shape index (κ3) is 4.23. The minimum absolute atomic E-state index is 0.375. The Bertz CT molecular complexity index is 533. The SMILES string of the molecule is CCCCCC[C@@H]1CCc2cc(C3CCC(CO)C3)c(C)cc2C1. The third-order valence-electron chi connectivity index (χ3n) is 6.62.